The van der Waals surface area contributed by atoms with Crippen LogP contribution in [0.15, 0.2) is 31.2 Å². The summed E-state index contributed by atoms with van der Waals surface area (Å²) in [4.78, 5) is 22.6. The number of rotatable bonds is 5. The fraction of sp³-hybridized carbons (Fsp3) is 0.562. The summed E-state index contributed by atoms with van der Waals surface area (Å²) in [6, 6.07) is 0.112. The van der Waals surface area contributed by atoms with Crippen molar-refractivity contribution >= 4 is 5.91 Å². The van der Waals surface area contributed by atoms with Crippen LogP contribution in [0.4, 0.5) is 0 Å². The lowest BCUT2D eigenvalue weighted by Gasteiger charge is -2.39. The Kier molecular flexibility index (Phi) is 4.80. The van der Waals surface area contributed by atoms with E-state index >= 15 is 0 Å². The number of ether oxygens (including phenoxy) is 2. The SMILES string of the molecule is C=CCOC[C@@H]1CC[C@H]2[C@H]1OCCN2C(=O)c1cnccn1. The molecule has 118 valence electrons. The van der Waals surface area contributed by atoms with E-state index in [2.05, 4.69) is 16.5 Å². The number of amides is 1. The van der Waals surface area contributed by atoms with Gasteiger partial charge in [-0.3, -0.25) is 9.78 Å². The molecule has 1 aromatic rings. The molecule has 0 aromatic carbocycles. The van der Waals surface area contributed by atoms with Gasteiger partial charge in [-0.05, 0) is 12.8 Å². The fourth-order valence-corrected chi connectivity index (χ4v) is 3.35. The van der Waals surface area contributed by atoms with Gasteiger partial charge in [-0.25, -0.2) is 4.98 Å². The van der Waals surface area contributed by atoms with Crippen LogP contribution in [0.2, 0.25) is 0 Å². The van der Waals surface area contributed by atoms with E-state index in [1.165, 1.54) is 6.20 Å². The van der Waals surface area contributed by atoms with E-state index in [1.54, 1.807) is 18.5 Å². The summed E-state index contributed by atoms with van der Waals surface area (Å²) in [5, 5.41) is 0. The third-order valence-electron chi connectivity index (χ3n) is 4.33. The van der Waals surface area contributed by atoms with Crippen molar-refractivity contribution in [1.82, 2.24) is 14.9 Å². The van der Waals surface area contributed by atoms with E-state index in [4.69, 9.17) is 9.47 Å². The average Bonchev–Trinajstić information content (AvgIpc) is 2.98. The van der Waals surface area contributed by atoms with Crippen LogP contribution in [0, 0.1) is 5.92 Å². The first-order chi connectivity index (χ1) is 10.8. The molecule has 2 aliphatic rings. The number of hydrogen-bond acceptors (Lipinski definition) is 5. The van der Waals surface area contributed by atoms with Crippen molar-refractivity contribution in [2.45, 2.75) is 25.0 Å². The van der Waals surface area contributed by atoms with Crippen LogP contribution in [0.5, 0.6) is 0 Å². The van der Waals surface area contributed by atoms with Crippen molar-refractivity contribution in [3.05, 3.63) is 36.9 Å². The predicted octanol–water partition coefficient (Wildman–Crippen LogP) is 1.30. The molecule has 1 aromatic heterocycles. The number of aromatic nitrogens is 2. The van der Waals surface area contributed by atoms with Crippen LogP contribution >= 0.6 is 0 Å². The van der Waals surface area contributed by atoms with Crippen molar-refractivity contribution in [1.29, 1.82) is 0 Å². The standard InChI is InChI=1S/C16H21N3O3/c1-2-8-21-11-12-3-4-14-15(12)22-9-7-19(14)16(20)13-10-17-5-6-18-13/h2,5-6,10,12,14-15H,1,3-4,7-9,11H2/t12-,14-,15-/m0/s1. The number of carbonyl (C=O) groups is 1. The smallest absolute Gasteiger partial charge is 0.274 e. The minimum Gasteiger partial charge on any atom is -0.377 e. The number of morpholine rings is 1. The van der Waals surface area contributed by atoms with Crippen LogP contribution in [0.3, 0.4) is 0 Å². The molecule has 1 saturated carbocycles. The quantitative estimate of drug-likeness (QED) is 0.606. The Morgan fingerprint density at radius 2 is 2.41 bits per heavy atom. The molecule has 2 fully saturated rings. The highest BCUT2D eigenvalue weighted by Crippen LogP contribution is 2.35. The van der Waals surface area contributed by atoms with Gasteiger partial charge in [0.1, 0.15) is 5.69 Å². The van der Waals surface area contributed by atoms with E-state index in [9.17, 15) is 4.79 Å². The molecule has 3 atom stereocenters. The van der Waals surface area contributed by atoms with E-state index in [0.29, 0.717) is 38.0 Å². The first-order valence-electron chi connectivity index (χ1n) is 7.68. The molecule has 1 aliphatic heterocycles. The summed E-state index contributed by atoms with van der Waals surface area (Å²) in [6.07, 6.45) is 8.40. The first-order valence-corrected chi connectivity index (χ1v) is 7.68. The highest BCUT2D eigenvalue weighted by Gasteiger charge is 2.44. The summed E-state index contributed by atoms with van der Waals surface area (Å²) < 4.78 is 11.5. The maximum Gasteiger partial charge on any atom is 0.274 e. The molecule has 0 N–H and O–H groups in total. The third-order valence-corrected chi connectivity index (χ3v) is 4.33. The van der Waals surface area contributed by atoms with Gasteiger partial charge in [-0.1, -0.05) is 6.08 Å². The summed E-state index contributed by atoms with van der Waals surface area (Å²) in [6.45, 7) is 6.03. The lowest BCUT2D eigenvalue weighted by atomic mass is 10.0. The van der Waals surface area contributed by atoms with Gasteiger partial charge in [-0.2, -0.15) is 0 Å². The Hall–Kier alpha value is -1.79. The minimum absolute atomic E-state index is 0.0548. The summed E-state index contributed by atoms with van der Waals surface area (Å²) in [7, 11) is 0. The molecule has 22 heavy (non-hydrogen) atoms. The Bertz CT molecular complexity index is 523. The zero-order chi connectivity index (χ0) is 15.4. The highest BCUT2D eigenvalue weighted by atomic mass is 16.5. The van der Waals surface area contributed by atoms with Crippen LogP contribution < -0.4 is 0 Å². The Labute approximate surface area is 130 Å². The number of fused-ring (bicyclic) bond motifs is 1. The zero-order valence-electron chi connectivity index (χ0n) is 12.6. The number of carbonyl (C=O) groups excluding carboxylic acids is 1. The monoisotopic (exact) mass is 303 g/mol. The molecular weight excluding hydrogens is 282 g/mol. The predicted molar refractivity (Wildman–Crippen MR) is 80.3 cm³/mol. The summed E-state index contributed by atoms with van der Waals surface area (Å²) >= 11 is 0. The van der Waals surface area contributed by atoms with Gasteiger partial charge in [-0.15, -0.1) is 6.58 Å². The van der Waals surface area contributed by atoms with Crippen molar-refractivity contribution in [3.63, 3.8) is 0 Å². The van der Waals surface area contributed by atoms with Crippen LogP contribution in [-0.2, 0) is 9.47 Å². The maximum absolute atomic E-state index is 12.6. The number of nitrogens with zero attached hydrogens (tertiary/aromatic N) is 3. The van der Waals surface area contributed by atoms with Crippen molar-refractivity contribution in [3.8, 4) is 0 Å². The molecule has 1 amide bonds. The summed E-state index contributed by atoms with van der Waals surface area (Å²) in [5.41, 5.74) is 0.398. The lowest BCUT2D eigenvalue weighted by Crippen LogP contribution is -2.53. The second-order valence-electron chi connectivity index (χ2n) is 5.66. The summed E-state index contributed by atoms with van der Waals surface area (Å²) in [5.74, 6) is 0.279. The van der Waals surface area contributed by atoms with E-state index < -0.39 is 0 Å². The highest BCUT2D eigenvalue weighted by molar-refractivity contribution is 5.92. The van der Waals surface area contributed by atoms with Crippen molar-refractivity contribution in [2.75, 3.05) is 26.4 Å². The maximum atomic E-state index is 12.6. The van der Waals surface area contributed by atoms with Gasteiger partial charge in [0.25, 0.3) is 5.91 Å². The lowest BCUT2D eigenvalue weighted by molar-refractivity contribution is -0.0739. The van der Waals surface area contributed by atoms with Crippen molar-refractivity contribution < 1.29 is 14.3 Å². The van der Waals surface area contributed by atoms with Gasteiger partial charge in [0.15, 0.2) is 0 Å². The van der Waals surface area contributed by atoms with Gasteiger partial charge in [0.05, 0.1) is 38.2 Å². The Morgan fingerprint density at radius 1 is 1.50 bits per heavy atom. The molecule has 2 heterocycles. The van der Waals surface area contributed by atoms with Crippen molar-refractivity contribution in [2.24, 2.45) is 5.92 Å². The second-order valence-corrected chi connectivity index (χ2v) is 5.66. The second kappa shape index (κ2) is 6.98. The molecule has 0 bridgehead atoms. The normalized spacial score (nSPS) is 27.5. The molecule has 1 aliphatic carbocycles. The topological polar surface area (TPSA) is 64.6 Å². The van der Waals surface area contributed by atoms with E-state index in [0.717, 1.165) is 12.8 Å². The van der Waals surface area contributed by atoms with E-state index in [-0.39, 0.29) is 18.1 Å². The Balaban J connectivity index is 1.67. The van der Waals surface area contributed by atoms with Crippen LogP contribution in [0.25, 0.3) is 0 Å². The molecule has 0 spiro atoms. The molecule has 6 heteroatoms. The minimum atomic E-state index is -0.0564. The van der Waals surface area contributed by atoms with Crippen LogP contribution in [-0.4, -0.2) is 59.3 Å². The average molecular weight is 303 g/mol. The molecule has 1 saturated heterocycles. The zero-order valence-corrected chi connectivity index (χ0v) is 12.6. The van der Waals surface area contributed by atoms with Gasteiger partial charge in [0, 0.05) is 24.9 Å². The molecule has 0 radical (unpaired) electrons. The third kappa shape index (κ3) is 3.03. The first kappa shape index (κ1) is 15.1. The fourth-order valence-electron chi connectivity index (χ4n) is 3.35. The van der Waals surface area contributed by atoms with E-state index in [1.807, 2.05) is 4.90 Å². The molecule has 0 unspecified atom stereocenters. The van der Waals surface area contributed by atoms with Gasteiger partial charge >= 0.3 is 0 Å². The molecule has 6 nitrogen and oxygen atoms in total. The molecular formula is C16H21N3O3. The van der Waals surface area contributed by atoms with Crippen LogP contribution in [0.1, 0.15) is 23.3 Å². The van der Waals surface area contributed by atoms with Gasteiger partial charge < -0.3 is 14.4 Å². The number of hydrogen-bond donors (Lipinski definition) is 0. The van der Waals surface area contributed by atoms with Gasteiger partial charge in [0.2, 0.25) is 0 Å². The largest absolute Gasteiger partial charge is 0.377 e. The molecule has 3 rings (SSSR count). The Morgan fingerprint density at radius 3 is 3.18 bits per heavy atom.